The molecule has 0 fully saturated rings. The molecule has 0 radical (unpaired) electrons. The lowest BCUT2D eigenvalue weighted by molar-refractivity contribution is 0.0942. The number of carbonyl (C=O) groups excluding carboxylic acids is 1. The summed E-state index contributed by atoms with van der Waals surface area (Å²) in [7, 11) is 0. The van der Waals surface area contributed by atoms with Gasteiger partial charge >= 0.3 is 0 Å². The first-order valence-electron chi connectivity index (χ1n) is 5.20. The first kappa shape index (κ1) is 12.2. The van der Waals surface area contributed by atoms with Crippen LogP contribution in [0.5, 0.6) is 0 Å². The molecule has 84 valence electrons. The predicted octanol–water partition coefficient (Wildman–Crippen LogP) is 2.00. The number of amides is 1. The molecular weight excluding hydrogens is 208 g/mol. The van der Waals surface area contributed by atoms with Gasteiger partial charge in [-0.25, -0.2) is 0 Å². The van der Waals surface area contributed by atoms with E-state index >= 15 is 0 Å². The Morgan fingerprint density at radius 3 is 2.67 bits per heavy atom. The highest BCUT2D eigenvalue weighted by Crippen LogP contribution is 2.10. The minimum Gasteiger partial charge on any atom is -0.350 e. The van der Waals surface area contributed by atoms with Crippen molar-refractivity contribution in [2.24, 2.45) is 5.73 Å². The Balaban J connectivity index is 2.47. The number of nitrogens with two attached hydrogens (primary N) is 1. The number of rotatable bonds is 5. The molecule has 0 unspecified atom stereocenters. The lowest BCUT2D eigenvalue weighted by Crippen LogP contribution is -2.49. The normalized spacial score (nSPS) is 11.4. The maximum Gasteiger partial charge on any atom is 0.252 e. The van der Waals surface area contributed by atoms with Crippen LogP contribution in [0.4, 0.5) is 0 Å². The van der Waals surface area contributed by atoms with E-state index in [1.807, 2.05) is 30.7 Å². The zero-order chi connectivity index (χ0) is 11.3. The van der Waals surface area contributed by atoms with E-state index in [4.69, 9.17) is 5.73 Å². The van der Waals surface area contributed by atoms with Crippen LogP contribution in [0.25, 0.3) is 0 Å². The van der Waals surface area contributed by atoms with Gasteiger partial charge in [0.25, 0.3) is 5.91 Å². The van der Waals surface area contributed by atoms with Gasteiger partial charge in [0, 0.05) is 23.0 Å². The molecule has 0 bridgehead atoms. The van der Waals surface area contributed by atoms with Crippen molar-refractivity contribution >= 4 is 17.2 Å². The number of carbonyl (C=O) groups is 1. The molecule has 0 spiro atoms. The predicted molar refractivity (Wildman–Crippen MR) is 64.2 cm³/mol. The second-order valence-electron chi connectivity index (χ2n) is 3.76. The summed E-state index contributed by atoms with van der Waals surface area (Å²) in [6.45, 7) is 4.62. The minimum absolute atomic E-state index is 0.0343. The van der Waals surface area contributed by atoms with Gasteiger partial charge in [0.1, 0.15) is 0 Å². The topological polar surface area (TPSA) is 55.1 Å². The van der Waals surface area contributed by atoms with Crippen molar-refractivity contribution in [1.82, 2.24) is 5.32 Å². The summed E-state index contributed by atoms with van der Waals surface area (Å²) in [4.78, 5) is 11.6. The molecule has 3 N–H and O–H groups in total. The van der Waals surface area contributed by atoms with Crippen molar-refractivity contribution in [3.05, 3.63) is 22.4 Å². The van der Waals surface area contributed by atoms with Gasteiger partial charge in [-0.1, -0.05) is 13.8 Å². The third-order valence-electron chi connectivity index (χ3n) is 2.79. The summed E-state index contributed by atoms with van der Waals surface area (Å²) in [6.07, 6.45) is 1.74. The fourth-order valence-electron chi connectivity index (χ4n) is 1.25. The molecule has 3 nitrogen and oxygen atoms in total. The highest BCUT2D eigenvalue weighted by molar-refractivity contribution is 7.08. The van der Waals surface area contributed by atoms with Crippen LogP contribution >= 0.6 is 11.3 Å². The van der Waals surface area contributed by atoms with Crippen molar-refractivity contribution < 1.29 is 4.79 Å². The van der Waals surface area contributed by atoms with Crippen molar-refractivity contribution in [3.63, 3.8) is 0 Å². The van der Waals surface area contributed by atoms with Gasteiger partial charge < -0.3 is 11.1 Å². The smallest absolute Gasteiger partial charge is 0.252 e. The van der Waals surface area contributed by atoms with E-state index < -0.39 is 0 Å². The van der Waals surface area contributed by atoms with E-state index in [9.17, 15) is 4.79 Å². The van der Waals surface area contributed by atoms with Gasteiger partial charge in [-0.05, 0) is 24.3 Å². The molecule has 1 aromatic heterocycles. The Hall–Kier alpha value is -0.870. The Bertz CT molecular complexity index is 304. The van der Waals surface area contributed by atoms with Crippen LogP contribution in [0.2, 0.25) is 0 Å². The quantitative estimate of drug-likeness (QED) is 0.806. The van der Waals surface area contributed by atoms with E-state index in [0.717, 1.165) is 18.4 Å². The molecule has 0 aliphatic carbocycles. The molecule has 1 heterocycles. The standard InChI is InChI=1S/C11H18N2OS/c1-3-11(12,4-2)8-13-10(14)9-5-6-15-7-9/h5-7H,3-4,8,12H2,1-2H3,(H,13,14). The summed E-state index contributed by atoms with van der Waals surface area (Å²) >= 11 is 1.52. The largest absolute Gasteiger partial charge is 0.350 e. The Labute approximate surface area is 94.7 Å². The molecule has 15 heavy (non-hydrogen) atoms. The molecule has 0 saturated carbocycles. The maximum atomic E-state index is 11.6. The van der Waals surface area contributed by atoms with Crippen LogP contribution in [-0.2, 0) is 0 Å². The third-order valence-corrected chi connectivity index (χ3v) is 3.48. The van der Waals surface area contributed by atoms with Crippen LogP contribution in [0.15, 0.2) is 16.8 Å². The lowest BCUT2D eigenvalue weighted by atomic mass is 9.94. The molecule has 0 aromatic carbocycles. The number of hydrogen-bond donors (Lipinski definition) is 2. The zero-order valence-electron chi connectivity index (χ0n) is 9.25. The third kappa shape index (κ3) is 3.32. The second-order valence-corrected chi connectivity index (χ2v) is 4.54. The fraction of sp³-hybridized carbons (Fsp3) is 0.545. The fourth-order valence-corrected chi connectivity index (χ4v) is 1.89. The van der Waals surface area contributed by atoms with E-state index in [-0.39, 0.29) is 11.4 Å². The summed E-state index contributed by atoms with van der Waals surface area (Å²) in [5.41, 5.74) is 6.53. The summed E-state index contributed by atoms with van der Waals surface area (Å²) in [6, 6.07) is 1.82. The summed E-state index contributed by atoms with van der Waals surface area (Å²) < 4.78 is 0. The van der Waals surface area contributed by atoms with Crippen molar-refractivity contribution in [2.45, 2.75) is 32.2 Å². The first-order valence-corrected chi connectivity index (χ1v) is 6.15. The van der Waals surface area contributed by atoms with Gasteiger partial charge in [0.2, 0.25) is 0 Å². The molecule has 0 saturated heterocycles. The SMILES string of the molecule is CCC(N)(CC)CNC(=O)c1ccsc1. The molecular formula is C11H18N2OS. The van der Waals surface area contributed by atoms with Crippen LogP contribution < -0.4 is 11.1 Å². The highest BCUT2D eigenvalue weighted by atomic mass is 32.1. The monoisotopic (exact) mass is 226 g/mol. The minimum atomic E-state index is -0.272. The number of thiophene rings is 1. The highest BCUT2D eigenvalue weighted by Gasteiger charge is 2.21. The van der Waals surface area contributed by atoms with Gasteiger partial charge in [-0.15, -0.1) is 0 Å². The van der Waals surface area contributed by atoms with E-state index in [0.29, 0.717) is 6.54 Å². The van der Waals surface area contributed by atoms with Gasteiger partial charge in [-0.3, -0.25) is 4.79 Å². The molecule has 1 aromatic rings. The van der Waals surface area contributed by atoms with Crippen molar-refractivity contribution in [2.75, 3.05) is 6.54 Å². The van der Waals surface area contributed by atoms with Crippen LogP contribution in [-0.4, -0.2) is 18.0 Å². The molecule has 0 atom stereocenters. The number of nitrogens with one attached hydrogen (secondary N) is 1. The summed E-state index contributed by atoms with van der Waals surface area (Å²) in [5, 5.41) is 6.60. The Morgan fingerprint density at radius 1 is 1.53 bits per heavy atom. The summed E-state index contributed by atoms with van der Waals surface area (Å²) in [5.74, 6) is -0.0343. The maximum absolute atomic E-state index is 11.6. The molecule has 0 aliphatic heterocycles. The van der Waals surface area contributed by atoms with Crippen LogP contribution in [0.1, 0.15) is 37.0 Å². The van der Waals surface area contributed by atoms with Crippen molar-refractivity contribution in [3.8, 4) is 0 Å². The first-order chi connectivity index (χ1) is 7.11. The molecule has 4 heteroatoms. The Kier molecular flexibility index (Phi) is 4.29. The van der Waals surface area contributed by atoms with E-state index in [1.165, 1.54) is 11.3 Å². The lowest BCUT2D eigenvalue weighted by Gasteiger charge is -2.26. The number of hydrogen-bond acceptors (Lipinski definition) is 3. The van der Waals surface area contributed by atoms with Crippen molar-refractivity contribution in [1.29, 1.82) is 0 Å². The molecule has 1 amide bonds. The van der Waals surface area contributed by atoms with Gasteiger partial charge in [0.05, 0.1) is 0 Å². The molecule has 1 rings (SSSR count). The Morgan fingerprint density at radius 2 is 2.20 bits per heavy atom. The van der Waals surface area contributed by atoms with Crippen LogP contribution in [0, 0.1) is 0 Å². The average molecular weight is 226 g/mol. The van der Waals surface area contributed by atoms with Crippen LogP contribution in [0.3, 0.4) is 0 Å². The second kappa shape index (κ2) is 5.28. The zero-order valence-corrected chi connectivity index (χ0v) is 10.1. The van der Waals surface area contributed by atoms with E-state index in [1.54, 1.807) is 0 Å². The average Bonchev–Trinajstić information content (AvgIpc) is 2.79. The van der Waals surface area contributed by atoms with Gasteiger partial charge in [0.15, 0.2) is 0 Å². The molecule has 0 aliphatic rings. The van der Waals surface area contributed by atoms with E-state index in [2.05, 4.69) is 5.32 Å². The van der Waals surface area contributed by atoms with Gasteiger partial charge in [-0.2, -0.15) is 11.3 Å².